The number of hydrogen-bond donors (Lipinski definition) is 2. The second-order valence-corrected chi connectivity index (χ2v) is 5.54. The van der Waals surface area contributed by atoms with Gasteiger partial charge >= 0.3 is 0 Å². The number of guanidine groups is 1. The molecule has 7 heteroatoms. The van der Waals surface area contributed by atoms with E-state index in [9.17, 15) is 8.78 Å². The number of aliphatic imine (C=N–C) groups is 1. The van der Waals surface area contributed by atoms with Gasteiger partial charge in [0.25, 0.3) is 0 Å². The molecule has 24 heavy (non-hydrogen) atoms. The van der Waals surface area contributed by atoms with Crippen molar-refractivity contribution < 1.29 is 13.2 Å². The molecule has 2 N–H and O–H groups in total. The standard InChI is InChI=1S/C17H22F2N4O/c1-20-17(21-10-12-9-13(18)6-7-14(12)19)22-11-15(23(2)3)16-5-4-8-24-16/h4-9,15H,10-11H2,1-3H3,(H2,20,21,22). The van der Waals surface area contributed by atoms with E-state index in [0.717, 1.165) is 17.9 Å². The first kappa shape index (κ1) is 17.9. The first-order valence-corrected chi connectivity index (χ1v) is 7.59. The molecule has 0 fully saturated rings. The largest absolute Gasteiger partial charge is 0.468 e. The van der Waals surface area contributed by atoms with Gasteiger partial charge in [-0.05, 0) is 44.4 Å². The van der Waals surface area contributed by atoms with Gasteiger partial charge in [-0.15, -0.1) is 0 Å². The van der Waals surface area contributed by atoms with Gasteiger partial charge in [-0.3, -0.25) is 9.89 Å². The van der Waals surface area contributed by atoms with Crippen LogP contribution in [0.15, 0.2) is 46.0 Å². The van der Waals surface area contributed by atoms with Crippen LogP contribution in [0.25, 0.3) is 0 Å². The lowest BCUT2D eigenvalue weighted by Gasteiger charge is -2.23. The molecule has 0 aliphatic rings. The minimum atomic E-state index is -0.471. The number of hydrogen-bond acceptors (Lipinski definition) is 3. The van der Waals surface area contributed by atoms with E-state index in [1.165, 1.54) is 6.07 Å². The fourth-order valence-electron chi connectivity index (χ4n) is 2.29. The van der Waals surface area contributed by atoms with Crippen LogP contribution in [0.1, 0.15) is 17.4 Å². The van der Waals surface area contributed by atoms with E-state index in [1.807, 2.05) is 31.1 Å². The Balaban J connectivity index is 1.93. The maximum atomic E-state index is 13.6. The maximum Gasteiger partial charge on any atom is 0.191 e. The van der Waals surface area contributed by atoms with E-state index in [1.54, 1.807) is 13.3 Å². The predicted molar refractivity (Wildman–Crippen MR) is 89.7 cm³/mol. The van der Waals surface area contributed by atoms with Gasteiger partial charge in [-0.25, -0.2) is 8.78 Å². The Hall–Kier alpha value is -2.41. The van der Waals surface area contributed by atoms with Crippen LogP contribution in [0.3, 0.4) is 0 Å². The van der Waals surface area contributed by atoms with Gasteiger partial charge in [0.05, 0.1) is 12.3 Å². The van der Waals surface area contributed by atoms with Gasteiger partial charge < -0.3 is 15.1 Å². The SMILES string of the molecule is CN=C(NCc1cc(F)ccc1F)NCC(c1ccco1)N(C)C. The van der Waals surface area contributed by atoms with Crippen molar-refractivity contribution in [2.24, 2.45) is 4.99 Å². The Morgan fingerprint density at radius 1 is 1.25 bits per heavy atom. The van der Waals surface area contributed by atoms with E-state index in [-0.39, 0.29) is 18.2 Å². The minimum Gasteiger partial charge on any atom is -0.468 e. The van der Waals surface area contributed by atoms with Crippen LogP contribution < -0.4 is 10.6 Å². The first-order chi connectivity index (χ1) is 11.5. The van der Waals surface area contributed by atoms with Crippen molar-refractivity contribution in [2.75, 3.05) is 27.7 Å². The quantitative estimate of drug-likeness (QED) is 0.629. The van der Waals surface area contributed by atoms with E-state index in [2.05, 4.69) is 15.6 Å². The number of nitrogens with one attached hydrogen (secondary N) is 2. The maximum absolute atomic E-state index is 13.6. The van der Waals surface area contributed by atoms with E-state index in [4.69, 9.17) is 4.42 Å². The van der Waals surface area contributed by atoms with Gasteiger partial charge in [0.1, 0.15) is 17.4 Å². The average molecular weight is 336 g/mol. The van der Waals surface area contributed by atoms with Crippen molar-refractivity contribution >= 4 is 5.96 Å². The second-order valence-electron chi connectivity index (χ2n) is 5.54. The highest BCUT2D eigenvalue weighted by molar-refractivity contribution is 5.79. The minimum absolute atomic E-state index is 0.0180. The zero-order valence-electron chi connectivity index (χ0n) is 14.0. The van der Waals surface area contributed by atoms with Gasteiger partial charge in [0.15, 0.2) is 5.96 Å². The summed E-state index contributed by atoms with van der Waals surface area (Å²) in [6.07, 6.45) is 1.63. The third kappa shape index (κ3) is 4.79. The fourth-order valence-corrected chi connectivity index (χ4v) is 2.29. The third-order valence-electron chi connectivity index (χ3n) is 3.64. The van der Waals surface area contributed by atoms with Crippen molar-refractivity contribution in [1.29, 1.82) is 0 Å². The molecule has 0 aliphatic carbocycles. The van der Waals surface area contributed by atoms with Crippen LogP contribution in [0, 0.1) is 11.6 Å². The number of rotatable bonds is 6. The predicted octanol–water partition coefficient (Wildman–Crippen LogP) is 2.53. The van der Waals surface area contributed by atoms with Crippen LogP contribution in [0.2, 0.25) is 0 Å². The van der Waals surface area contributed by atoms with Gasteiger partial charge in [0.2, 0.25) is 0 Å². The van der Waals surface area contributed by atoms with Crippen LogP contribution in [-0.2, 0) is 6.54 Å². The molecule has 1 atom stereocenters. The Labute approximate surface area is 140 Å². The molecular formula is C17H22F2N4O. The molecule has 0 radical (unpaired) electrons. The Kier molecular flexibility index (Phi) is 6.31. The highest BCUT2D eigenvalue weighted by atomic mass is 19.1. The zero-order chi connectivity index (χ0) is 17.5. The van der Waals surface area contributed by atoms with Crippen LogP contribution in [0.4, 0.5) is 8.78 Å². The first-order valence-electron chi connectivity index (χ1n) is 7.59. The van der Waals surface area contributed by atoms with Crippen molar-refractivity contribution in [3.8, 4) is 0 Å². The molecule has 5 nitrogen and oxygen atoms in total. The summed E-state index contributed by atoms with van der Waals surface area (Å²) >= 11 is 0. The Morgan fingerprint density at radius 2 is 2.04 bits per heavy atom. The normalized spacial score (nSPS) is 13.2. The second kappa shape index (κ2) is 8.44. The molecule has 0 saturated heterocycles. The number of halogens is 2. The summed E-state index contributed by atoms with van der Waals surface area (Å²) in [6, 6.07) is 7.14. The third-order valence-corrected chi connectivity index (χ3v) is 3.64. The highest BCUT2D eigenvalue weighted by Gasteiger charge is 2.17. The number of benzene rings is 1. The highest BCUT2D eigenvalue weighted by Crippen LogP contribution is 2.17. The molecular weight excluding hydrogens is 314 g/mol. The van der Waals surface area contributed by atoms with E-state index in [0.29, 0.717) is 12.5 Å². The average Bonchev–Trinajstić information content (AvgIpc) is 3.07. The molecule has 0 amide bonds. The summed E-state index contributed by atoms with van der Waals surface area (Å²) in [6.45, 7) is 0.683. The van der Waals surface area contributed by atoms with Gasteiger partial charge in [0, 0.05) is 25.7 Å². The van der Waals surface area contributed by atoms with Crippen LogP contribution >= 0.6 is 0 Å². The summed E-state index contributed by atoms with van der Waals surface area (Å²) in [5, 5.41) is 6.14. The smallest absolute Gasteiger partial charge is 0.191 e. The lowest BCUT2D eigenvalue weighted by Crippen LogP contribution is -2.41. The number of furan rings is 1. The summed E-state index contributed by atoms with van der Waals surface area (Å²) in [4.78, 5) is 6.12. The monoisotopic (exact) mass is 336 g/mol. The van der Waals surface area contributed by atoms with Crippen molar-refractivity contribution in [1.82, 2.24) is 15.5 Å². The number of nitrogens with zero attached hydrogens (tertiary/aromatic N) is 2. The van der Waals surface area contributed by atoms with Crippen molar-refractivity contribution in [2.45, 2.75) is 12.6 Å². The van der Waals surface area contributed by atoms with E-state index < -0.39 is 11.6 Å². The van der Waals surface area contributed by atoms with Gasteiger partial charge in [-0.1, -0.05) is 0 Å². The molecule has 2 aromatic rings. The zero-order valence-corrected chi connectivity index (χ0v) is 14.0. The van der Waals surface area contributed by atoms with Crippen LogP contribution in [-0.4, -0.2) is 38.5 Å². The fraction of sp³-hybridized carbons (Fsp3) is 0.353. The molecule has 0 bridgehead atoms. The molecule has 0 saturated carbocycles. The van der Waals surface area contributed by atoms with Crippen molar-refractivity contribution in [3.63, 3.8) is 0 Å². The molecule has 0 aliphatic heterocycles. The summed E-state index contributed by atoms with van der Waals surface area (Å²) in [5.41, 5.74) is 0.244. The number of likely N-dealkylation sites (N-methyl/N-ethyl adjacent to an activating group) is 1. The lowest BCUT2D eigenvalue weighted by atomic mass is 10.2. The van der Waals surface area contributed by atoms with Crippen LogP contribution in [0.5, 0.6) is 0 Å². The Bertz CT molecular complexity index is 671. The molecule has 1 heterocycles. The lowest BCUT2D eigenvalue weighted by molar-refractivity contribution is 0.258. The molecule has 1 aromatic carbocycles. The topological polar surface area (TPSA) is 52.8 Å². The molecule has 1 unspecified atom stereocenters. The van der Waals surface area contributed by atoms with Gasteiger partial charge in [-0.2, -0.15) is 0 Å². The van der Waals surface area contributed by atoms with Crippen molar-refractivity contribution in [3.05, 3.63) is 59.6 Å². The summed E-state index contributed by atoms with van der Waals surface area (Å²) in [7, 11) is 5.52. The molecule has 0 spiro atoms. The molecule has 2 rings (SSSR count). The summed E-state index contributed by atoms with van der Waals surface area (Å²) < 4.78 is 32.3. The molecule has 130 valence electrons. The summed E-state index contributed by atoms with van der Waals surface area (Å²) in [5.74, 6) is 0.402. The molecule has 1 aromatic heterocycles. The van der Waals surface area contributed by atoms with E-state index >= 15 is 0 Å². The Morgan fingerprint density at radius 3 is 2.67 bits per heavy atom.